The van der Waals surface area contributed by atoms with Crippen LogP contribution in [0.1, 0.15) is 11.8 Å². The van der Waals surface area contributed by atoms with Crippen molar-refractivity contribution < 1.29 is 50.5 Å². The Morgan fingerprint density at radius 3 is 2.56 bits per heavy atom. The second kappa shape index (κ2) is 5.69. The van der Waals surface area contributed by atoms with Crippen LogP contribution in [0, 0.1) is 10.1 Å². The van der Waals surface area contributed by atoms with Gasteiger partial charge in [0.05, 0.1) is 12.0 Å². The standard InChI is InChI=1S/C8H8N2O5.Na.H/c1-15-7-3-5(9)6(10(13)14)2-4(7)8(11)12;;/h2-3H,9H2,1H3,(H,11,12);;/q;+1;-1. The molecule has 1 rings (SSSR count). The molecule has 3 N–H and O–H groups in total. The van der Waals surface area contributed by atoms with Crippen LogP contribution < -0.4 is 40.0 Å². The number of nitrogen functional groups attached to an aromatic ring is 1. The van der Waals surface area contributed by atoms with Gasteiger partial charge in [0, 0.05) is 12.1 Å². The summed E-state index contributed by atoms with van der Waals surface area (Å²) in [7, 11) is 1.26. The minimum absolute atomic E-state index is 0. The molecule has 1 aromatic carbocycles. The summed E-state index contributed by atoms with van der Waals surface area (Å²) in [6.07, 6.45) is 0. The molecule has 0 aliphatic carbocycles. The number of ether oxygens (including phenoxy) is 1. The van der Waals surface area contributed by atoms with Crippen LogP contribution in [0.5, 0.6) is 5.75 Å². The van der Waals surface area contributed by atoms with Crippen molar-refractivity contribution >= 4 is 17.3 Å². The van der Waals surface area contributed by atoms with E-state index in [-0.39, 0.29) is 48.0 Å². The van der Waals surface area contributed by atoms with Gasteiger partial charge in [-0.05, 0) is 0 Å². The molecule has 7 nitrogen and oxygen atoms in total. The molecule has 0 aliphatic rings. The molecule has 16 heavy (non-hydrogen) atoms. The molecule has 0 unspecified atom stereocenters. The van der Waals surface area contributed by atoms with Gasteiger partial charge < -0.3 is 17.0 Å². The van der Waals surface area contributed by atoms with Gasteiger partial charge in [0.15, 0.2) is 0 Å². The zero-order chi connectivity index (χ0) is 11.6. The van der Waals surface area contributed by atoms with Crippen molar-refractivity contribution in [2.45, 2.75) is 0 Å². The first-order chi connectivity index (χ1) is 6.97. The molecular weight excluding hydrogens is 227 g/mol. The fourth-order valence-electron chi connectivity index (χ4n) is 1.08. The first kappa shape index (κ1) is 14.7. The fourth-order valence-corrected chi connectivity index (χ4v) is 1.08. The smallest absolute Gasteiger partial charge is 1.00 e. The van der Waals surface area contributed by atoms with Crippen LogP contribution in [0.3, 0.4) is 0 Å². The number of nitro benzene ring substituents is 1. The van der Waals surface area contributed by atoms with Gasteiger partial charge in [0.25, 0.3) is 5.69 Å². The largest absolute Gasteiger partial charge is 1.00 e. The van der Waals surface area contributed by atoms with Gasteiger partial charge in [-0.2, -0.15) is 0 Å². The van der Waals surface area contributed by atoms with E-state index in [1.807, 2.05) is 0 Å². The summed E-state index contributed by atoms with van der Waals surface area (Å²) in [6, 6.07) is 1.98. The predicted octanol–water partition coefficient (Wildman–Crippen LogP) is -2.00. The van der Waals surface area contributed by atoms with Gasteiger partial charge >= 0.3 is 35.5 Å². The molecule has 0 aromatic heterocycles. The summed E-state index contributed by atoms with van der Waals surface area (Å²) in [5.41, 5.74) is 4.47. The van der Waals surface area contributed by atoms with E-state index in [0.29, 0.717) is 0 Å². The summed E-state index contributed by atoms with van der Waals surface area (Å²) in [6.45, 7) is 0. The van der Waals surface area contributed by atoms with Gasteiger partial charge in [-0.15, -0.1) is 0 Å². The molecule has 0 saturated carbocycles. The number of rotatable bonds is 3. The average molecular weight is 236 g/mol. The minimum atomic E-state index is -1.31. The van der Waals surface area contributed by atoms with E-state index in [2.05, 4.69) is 0 Å². The van der Waals surface area contributed by atoms with Gasteiger partial charge in [-0.3, -0.25) is 10.1 Å². The number of nitrogens with two attached hydrogens (primary N) is 1. The molecule has 0 saturated heterocycles. The average Bonchev–Trinajstić information content (AvgIpc) is 2.16. The van der Waals surface area contributed by atoms with Gasteiger partial charge in [0.1, 0.15) is 17.0 Å². The molecule has 0 aliphatic heterocycles. The van der Waals surface area contributed by atoms with E-state index in [9.17, 15) is 14.9 Å². The van der Waals surface area contributed by atoms with Crippen LogP contribution in [0.4, 0.5) is 11.4 Å². The number of carboxylic acids is 1. The number of anilines is 1. The number of carbonyl (C=O) groups is 1. The third kappa shape index (κ3) is 2.84. The summed E-state index contributed by atoms with van der Waals surface area (Å²) in [4.78, 5) is 20.5. The maximum absolute atomic E-state index is 10.7. The maximum Gasteiger partial charge on any atom is 1.00 e. The van der Waals surface area contributed by atoms with Crippen molar-refractivity contribution in [1.29, 1.82) is 0 Å². The van der Waals surface area contributed by atoms with E-state index in [1.165, 1.54) is 7.11 Å². The number of carboxylic acid groups (broad SMARTS) is 1. The van der Waals surface area contributed by atoms with Gasteiger partial charge in [0.2, 0.25) is 0 Å². The van der Waals surface area contributed by atoms with Crippen molar-refractivity contribution in [3.63, 3.8) is 0 Å². The molecule has 0 heterocycles. The molecule has 0 bridgehead atoms. The van der Waals surface area contributed by atoms with E-state index < -0.39 is 16.6 Å². The van der Waals surface area contributed by atoms with Crippen LogP contribution in [0.2, 0.25) is 0 Å². The molecular formula is C8H9N2NaO5. The van der Waals surface area contributed by atoms with Crippen LogP contribution in [-0.4, -0.2) is 23.1 Å². The topological polar surface area (TPSA) is 116 Å². The van der Waals surface area contributed by atoms with Crippen molar-refractivity contribution in [3.05, 3.63) is 27.8 Å². The molecule has 0 atom stereocenters. The zero-order valence-corrected chi connectivity index (χ0v) is 10.8. The van der Waals surface area contributed by atoms with Gasteiger partial charge in [-0.1, -0.05) is 0 Å². The summed E-state index contributed by atoms with van der Waals surface area (Å²) in [5.74, 6) is -1.32. The number of aromatic carboxylic acids is 1. The summed E-state index contributed by atoms with van der Waals surface area (Å²) >= 11 is 0. The van der Waals surface area contributed by atoms with Crippen molar-refractivity contribution in [2.75, 3.05) is 12.8 Å². The van der Waals surface area contributed by atoms with Crippen LogP contribution in [-0.2, 0) is 0 Å². The predicted molar refractivity (Wildman–Crippen MR) is 52.1 cm³/mol. The Balaban J connectivity index is 0. The number of nitrogens with zero attached hydrogens (tertiary/aromatic N) is 1. The maximum atomic E-state index is 10.7. The zero-order valence-electron chi connectivity index (χ0n) is 9.76. The number of hydrogen-bond acceptors (Lipinski definition) is 5. The van der Waals surface area contributed by atoms with Crippen LogP contribution >= 0.6 is 0 Å². The van der Waals surface area contributed by atoms with E-state index in [0.717, 1.165) is 12.1 Å². The third-order valence-electron chi connectivity index (χ3n) is 1.78. The Bertz CT molecular complexity index is 440. The normalized spacial score (nSPS) is 9.06. The molecule has 0 spiro atoms. The van der Waals surface area contributed by atoms with Crippen LogP contribution in [0.25, 0.3) is 0 Å². The van der Waals surface area contributed by atoms with Gasteiger partial charge in [-0.25, -0.2) is 4.79 Å². The first-order valence-electron chi connectivity index (χ1n) is 3.82. The summed E-state index contributed by atoms with van der Waals surface area (Å²) < 4.78 is 4.74. The molecule has 82 valence electrons. The van der Waals surface area contributed by atoms with E-state index in [4.69, 9.17) is 15.6 Å². The Hall–Kier alpha value is -1.31. The van der Waals surface area contributed by atoms with E-state index in [1.54, 1.807) is 0 Å². The molecule has 1 aromatic rings. The number of benzene rings is 1. The second-order valence-corrected chi connectivity index (χ2v) is 2.67. The monoisotopic (exact) mass is 236 g/mol. The molecule has 0 radical (unpaired) electrons. The Labute approximate surface area is 114 Å². The number of nitro groups is 1. The summed E-state index contributed by atoms with van der Waals surface area (Å²) in [5, 5.41) is 19.2. The van der Waals surface area contributed by atoms with Crippen molar-refractivity contribution in [2.24, 2.45) is 0 Å². The number of hydrogen-bond donors (Lipinski definition) is 2. The fraction of sp³-hybridized carbons (Fsp3) is 0.125. The molecule has 0 amide bonds. The van der Waals surface area contributed by atoms with E-state index >= 15 is 0 Å². The first-order valence-corrected chi connectivity index (χ1v) is 3.82. The van der Waals surface area contributed by atoms with Crippen molar-refractivity contribution in [3.8, 4) is 5.75 Å². The SMILES string of the molecule is COc1cc(N)c([N+](=O)[O-])cc1C(=O)O.[H-].[Na+]. The molecule has 0 fully saturated rings. The number of methoxy groups -OCH3 is 1. The Kier molecular flexibility index (Phi) is 5.22. The Morgan fingerprint density at radius 2 is 2.19 bits per heavy atom. The van der Waals surface area contributed by atoms with Crippen LogP contribution in [0.15, 0.2) is 12.1 Å². The van der Waals surface area contributed by atoms with Crippen molar-refractivity contribution in [1.82, 2.24) is 0 Å². The molecule has 8 heteroatoms. The second-order valence-electron chi connectivity index (χ2n) is 2.67. The quantitative estimate of drug-likeness (QED) is 0.271. The minimum Gasteiger partial charge on any atom is -1.00 e. The Morgan fingerprint density at radius 1 is 1.62 bits per heavy atom. The third-order valence-corrected chi connectivity index (χ3v) is 1.78.